The summed E-state index contributed by atoms with van der Waals surface area (Å²) < 4.78 is 18.1. The van der Waals surface area contributed by atoms with Gasteiger partial charge in [-0.2, -0.15) is 0 Å². The molecule has 0 aromatic heterocycles. The van der Waals surface area contributed by atoms with Crippen LogP contribution >= 0.6 is 0 Å². The summed E-state index contributed by atoms with van der Waals surface area (Å²) >= 11 is 0. The number of rotatable bonds is 3. The predicted octanol–water partition coefficient (Wildman–Crippen LogP) is 3.28. The zero-order chi connectivity index (χ0) is 18.8. The highest BCUT2D eigenvalue weighted by atomic mass is 16.6. The Hall–Kier alpha value is -1.75. The van der Waals surface area contributed by atoms with Crippen LogP contribution in [-0.2, 0) is 21.5 Å². The number of methoxy groups -OCH3 is 1. The van der Waals surface area contributed by atoms with E-state index in [-0.39, 0.29) is 29.5 Å². The van der Waals surface area contributed by atoms with E-state index < -0.39 is 0 Å². The van der Waals surface area contributed by atoms with Crippen molar-refractivity contribution in [1.82, 2.24) is 4.90 Å². The fourth-order valence-electron chi connectivity index (χ4n) is 5.65. The van der Waals surface area contributed by atoms with Gasteiger partial charge in [-0.1, -0.05) is 13.0 Å². The molecular weight excluding hydrogens is 342 g/mol. The summed E-state index contributed by atoms with van der Waals surface area (Å²) in [5.41, 5.74) is 2.70. The molecule has 2 aliphatic heterocycles. The Morgan fingerprint density at radius 1 is 1.30 bits per heavy atom. The van der Waals surface area contributed by atoms with E-state index >= 15 is 0 Å². The van der Waals surface area contributed by atoms with Crippen LogP contribution in [0, 0.1) is 11.8 Å². The van der Waals surface area contributed by atoms with E-state index in [0.717, 1.165) is 56.7 Å². The van der Waals surface area contributed by atoms with Gasteiger partial charge in [0.15, 0.2) is 11.5 Å². The van der Waals surface area contributed by atoms with Gasteiger partial charge in [-0.05, 0) is 56.8 Å². The third kappa shape index (κ3) is 2.58. The Morgan fingerprint density at radius 3 is 2.85 bits per heavy atom. The average molecular weight is 371 g/mol. The van der Waals surface area contributed by atoms with Crippen molar-refractivity contribution in [3.05, 3.63) is 23.3 Å². The number of nitrogens with zero attached hydrogens (tertiary/aromatic N) is 1. The van der Waals surface area contributed by atoms with E-state index in [1.807, 2.05) is 6.07 Å². The van der Waals surface area contributed by atoms with E-state index in [4.69, 9.17) is 14.2 Å². The van der Waals surface area contributed by atoms with Crippen LogP contribution in [0.2, 0.25) is 0 Å². The molecule has 0 amide bonds. The summed E-state index contributed by atoms with van der Waals surface area (Å²) in [4.78, 5) is 14.6. The minimum atomic E-state index is -0.0338. The molecule has 0 bridgehead atoms. The average Bonchev–Trinajstić information content (AvgIpc) is 3.44. The first-order valence-corrected chi connectivity index (χ1v) is 10.3. The van der Waals surface area contributed by atoms with Crippen LogP contribution in [0.1, 0.15) is 50.2 Å². The Morgan fingerprint density at radius 2 is 2.11 bits per heavy atom. The standard InChI is InChI=1S/C22H29NO4/c1-13-10-16(26-21(24)14-4-5-14)11-18-22(13)8-9-23(2)12-15-6-7-17(25-3)20(27-18)19(15)22/h6-7,13-14,16,18H,4-5,8-12H2,1-3H3/t13?,16-,18?,22+/m0/s1. The number of carbonyl (C=O) groups is 1. The number of ether oxygens (including phenoxy) is 3. The van der Waals surface area contributed by atoms with Gasteiger partial charge in [0.05, 0.1) is 13.0 Å². The van der Waals surface area contributed by atoms with Gasteiger partial charge in [0.1, 0.15) is 12.2 Å². The van der Waals surface area contributed by atoms with Gasteiger partial charge < -0.3 is 19.1 Å². The van der Waals surface area contributed by atoms with E-state index in [2.05, 4.69) is 24.9 Å². The second kappa shape index (κ2) is 6.13. The Bertz CT molecular complexity index is 774. The summed E-state index contributed by atoms with van der Waals surface area (Å²) in [6.45, 7) is 4.31. The molecule has 5 heteroatoms. The van der Waals surface area contributed by atoms with Gasteiger partial charge in [-0.15, -0.1) is 0 Å². The van der Waals surface area contributed by atoms with Crippen molar-refractivity contribution in [2.45, 2.75) is 63.2 Å². The van der Waals surface area contributed by atoms with Gasteiger partial charge in [0.25, 0.3) is 0 Å². The number of benzene rings is 1. The van der Waals surface area contributed by atoms with Crippen LogP contribution < -0.4 is 9.47 Å². The first kappa shape index (κ1) is 17.4. The fourth-order valence-corrected chi connectivity index (χ4v) is 5.65. The van der Waals surface area contributed by atoms with Crippen molar-refractivity contribution >= 4 is 5.97 Å². The molecule has 0 N–H and O–H groups in total. The molecule has 0 saturated heterocycles. The molecule has 5 rings (SSSR count). The monoisotopic (exact) mass is 371 g/mol. The molecule has 146 valence electrons. The number of hydrogen-bond donors (Lipinski definition) is 0. The molecule has 1 aromatic rings. The summed E-state index contributed by atoms with van der Waals surface area (Å²) in [6, 6.07) is 4.24. The topological polar surface area (TPSA) is 48.0 Å². The highest BCUT2D eigenvalue weighted by Gasteiger charge is 2.58. The van der Waals surface area contributed by atoms with E-state index in [0.29, 0.717) is 5.92 Å². The van der Waals surface area contributed by atoms with Gasteiger partial charge in [0.2, 0.25) is 0 Å². The van der Waals surface area contributed by atoms with Crippen molar-refractivity contribution in [2.75, 3.05) is 20.7 Å². The van der Waals surface area contributed by atoms with Crippen LogP contribution in [0.3, 0.4) is 0 Å². The minimum Gasteiger partial charge on any atom is -0.493 e. The van der Waals surface area contributed by atoms with Crippen molar-refractivity contribution in [3.8, 4) is 11.5 Å². The second-order valence-electron chi connectivity index (χ2n) is 8.97. The maximum absolute atomic E-state index is 12.2. The first-order valence-electron chi connectivity index (χ1n) is 10.3. The predicted molar refractivity (Wildman–Crippen MR) is 101 cm³/mol. The molecule has 27 heavy (non-hydrogen) atoms. The second-order valence-corrected chi connectivity index (χ2v) is 8.97. The lowest BCUT2D eigenvalue weighted by molar-refractivity contribution is -0.156. The fraction of sp³-hybridized carbons (Fsp3) is 0.682. The van der Waals surface area contributed by atoms with Gasteiger partial charge >= 0.3 is 5.97 Å². The summed E-state index contributed by atoms with van der Waals surface area (Å²) in [7, 11) is 3.90. The molecule has 1 aromatic carbocycles. The number of carbonyl (C=O) groups excluding carboxylic acids is 1. The zero-order valence-corrected chi connectivity index (χ0v) is 16.5. The number of esters is 1. The first-order chi connectivity index (χ1) is 13.0. The van der Waals surface area contributed by atoms with Crippen molar-refractivity contribution in [1.29, 1.82) is 0 Å². The molecule has 2 saturated carbocycles. The summed E-state index contributed by atoms with van der Waals surface area (Å²) in [6.07, 6.45) is 4.77. The van der Waals surface area contributed by atoms with E-state index in [1.54, 1.807) is 7.11 Å². The molecule has 2 aliphatic carbocycles. The Balaban J connectivity index is 1.52. The Labute approximate surface area is 161 Å². The molecular formula is C22H29NO4. The van der Waals surface area contributed by atoms with Gasteiger partial charge in [-0.3, -0.25) is 4.79 Å². The molecule has 2 unspecified atom stereocenters. The summed E-state index contributed by atoms with van der Waals surface area (Å²) in [5, 5.41) is 0. The SMILES string of the molecule is COc1ccc2c3c1OC1C[C@@H](OC(=O)C4CC4)CC(C)[C@@]31CCN(C)C2. The molecule has 2 heterocycles. The van der Waals surface area contributed by atoms with Crippen LogP contribution in [-0.4, -0.2) is 43.8 Å². The molecule has 4 aliphatic rings. The highest BCUT2D eigenvalue weighted by molar-refractivity contribution is 5.75. The summed E-state index contributed by atoms with van der Waals surface area (Å²) in [5.74, 6) is 2.29. The zero-order valence-electron chi connectivity index (χ0n) is 16.5. The lowest BCUT2D eigenvalue weighted by Crippen LogP contribution is -2.52. The van der Waals surface area contributed by atoms with E-state index in [1.165, 1.54) is 11.1 Å². The molecule has 2 fully saturated rings. The van der Waals surface area contributed by atoms with Crippen LogP contribution in [0.25, 0.3) is 0 Å². The Kier molecular flexibility index (Phi) is 3.94. The van der Waals surface area contributed by atoms with Crippen molar-refractivity contribution < 1.29 is 19.0 Å². The van der Waals surface area contributed by atoms with E-state index in [9.17, 15) is 4.79 Å². The minimum absolute atomic E-state index is 0.00229. The maximum atomic E-state index is 12.2. The van der Waals surface area contributed by atoms with Crippen molar-refractivity contribution in [3.63, 3.8) is 0 Å². The van der Waals surface area contributed by atoms with Crippen molar-refractivity contribution in [2.24, 2.45) is 11.8 Å². The molecule has 4 atom stereocenters. The molecule has 1 spiro atoms. The third-order valence-electron chi connectivity index (χ3n) is 7.24. The maximum Gasteiger partial charge on any atom is 0.309 e. The quantitative estimate of drug-likeness (QED) is 0.763. The van der Waals surface area contributed by atoms with Crippen LogP contribution in [0.15, 0.2) is 12.1 Å². The number of hydrogen-bond acceptors (Lipinski definition) is 5. The lowest BCUT2D eigenvalue weighted by Gasteiger charge is -2.46. The molecule has 0 radical (unpaired) electrons. The molecule has 5 nitrogen and oxygen atoms in total. The third-order valence-corrected chi connectivity index (χ3v) is 7.24. The van der Waals surface area contributed by atoms with Crippen LogP contribution in [0.5, 0.6) is 11.5 Å². The lowest BCUT2D eigenvalue weighted by atomic mass is 9.59. The van der Waals surface area contributed by atoms with Gasteiger partial charge in [-0.25, -0.2) is 0 Å². The normalized spacial score (nSPS) is 34.9. The largest absolute Gasteiger partial charge is 0.493 e. The smallest absolute Gasteiger partial charge is 0.309 e. The van der Waals surface area contributed by atoms with Gasteiger partial charge in [0, 0.05) is 23.9 Å². The highest BCUT2D eigenvalue weighted by Crippen LogP contribution is 2.59. The van der Waals surface area contributed by atoms with Crippen LogP contribution in [0.4, 0.5) is 0 Å².